The molecule has 0 saturated carbocycles. The number of nitrogens with zero attached hydrogens (tertiary/aromatic N) is 1. The number of aliphatic hydroxyl groups excluding tert-OH is 1. The van der Waals surface area contributed by atoms with Gasteiger partial charge in [-0.1, -0.05) is 77.6 Å². The van der Waals surface area contributed by atoms with Crippen molar-refractivity contribution >= 4 is 0 Å². The average Bonchev–Trinajstić information content (AvgIpc) is 2.35. The number of aliphatic hydroxyl groups is 1. The highest BCUT2D eigenvalue weighted by Crippen LogP contribution is 2.11. The fraction of sp³-hybridized carbons (Fsp3) is 1.00. The molecule has 118 valence electrons. The van der Waals surface area contributed by atoms with Gasteiger partial charge in [0.05, 0.1) is 0 Å². The van der Waals surface area contributed by atoms with Gasteiger partial charge in [-0.15, -0.1) is 0 Å². The summed E-state index contributed by atoms with van der Waals surface area (Å²) in [7, 11) is 6.00. The predicted octanol–water partition coefficient (Wildman–Crippen LogP) is 4.86. The summed E-state index contributed by atoms with van der Waals surface area (Å²) in [6.45, 7) is 2.64. The van der Waals surface area contributed by atoms with E-state index in [4.69, 9.17) is 5.11 Å². The van der Waals surface area contributed by atoms with Crippen LogP contribution >= 0.6 is 0 Å². The van der Waals surface area contributed by atoms with E-state index >= 15 is 0 Å². The Kier molecular flexibility index (Phi) is 22.6. The van der Waals surface area contributed by atoms with Crippen LogP contribution in [-0.4, -0.2) is 37.8 Å². The quantitative estimate of drug-likeness (QED) is 0.513. The van der Waals surface area contributed by atoms with E-state index in [1.54, 1.807) is 0 Å². The molecule has 1 N–H and O–H groups in total. The maximum absolute atomic E-state index is 8.61. The molecule has 19 heavy (non-hydrogen) atoms. The molecule has 0 radical (unpaired) electrons. The highest BCUT2D eigenvalue weighted by Gasteiger charge is 1.92. The highest BCUT2D eigenvalue weighted by atomic mass is 16.2. The first-order chi connectivity index (χ1) is 9.15. The van der Waals surface area contributed by atoms with Crippen LogP contribution in [0, 0.1) is 0 Å². The minimum Gasteiger partial charge on any atom is -0.396 e. The summed E-state index contributed by atoms with van der Waals surface area (Å²) in [4.78, 5) is 2.00. The molecule has 0 aromatic heterocycles. The van der Waals surface area contributed by atoms with Crippen LogP contribution in [0.25, 0.3) is 0 Å². The molecule has 0 heterocycles. The van der Waals surface area contributed by atoms with Crippen LogP contribution in [0.4, 0.5) is 0 Å². The van der Waals surface area contributed by atoms with Crippen LogP contribution in [0.1, 0.15) is 84.0 Å². The second-order valence-corrected chi connectivity index (χ2v) is 5.95. The molecule has 2 heteroatoms. The molecule has 2 nitrogen and oxygen atoms in total. The summed E-state index contributed by atoms with van der Waals surface area (Å²) in [5.41, 5.74) is 0. The first-order valence-corrected chi connectivity index (χ1v) is 8.36. The van der Waals surface area contributed by atoms with Crippen molar-refractivity contribution in [2.24, 2.45) is 0 Å². The molecule has 0 unspecified atom stereocenters. The zero-order valence-electron chi connectivity index (χ0n) is 14.1. The van der Waals surface area contributed by atoms with Gasteiger partial charge in [-0.2, -0.15) is 0 Å². The molecule has 0 bridgehead atoms. The lowest BCUT2D eigenvalue weighted by molar-refractivity contribution is 0.282. The summed E-state index contributed by atoms with van der Waals surface area (Å²) in [5.74, 6) is 0. The zero-order chi connectivity index (χ0) is 14.8. The van der Waals surface area contributed by atoms with E-state index in [0.29, 0.717) is 6.61 Å². The smallest absolute Gasteiger partial charge is 0.0431 e. The number of rotatable bonds is 12. The maximum Gasteiger partial charge on any atom is 0.0431 e. The lowest BCUT2D eigenvalue weighted by Crippen LogP contribution is -1.99. The van der Waals surface area contributed by atoms with E-state index in [-0.39, 0.29) is 0 Å². The summed E-state index contributed by atoms with van der Waals surface area (Å²) >= 11 is 0. The molecule has 0 saturated heterocycles. The molecule has 0 aliphatic carbocycles. The van der Waals surface area contributed by atoms with Crippen molar-refractivity contribution in [1.29, 1.82) is 0 Å². The molecule has 0 aromatic carbocycles. The Morgan fingerprint density at radius 2 is 0.842 bits per heavy atom. The van der Waals surface area contributed by atoms with E-state index in [1.807, 2.05) is 26.0 Å². The van der Waals surface area contributed by atoms with Gasteiger partial charge in [-0.3, -0.25) is 0 Å². The monoisotopic (exact) mass is 273 g/mol. The molecular formula is C17H39NO. The number of hydrogen-bond donors (Lipinski definition) is 1. The Labute approximate surface area is 122 Å². The third-order valence-corrected chi connectivity index (χ3v) is 3.01. The Morgan fingerprint density at radius 3 is 1.11 bits per heavy atom. The fourth-order valence-electron chi connectivity index (χ4n) is 1.95. The van der Waals surface area contributed by atoms with Crippen LogP contribution in [0.5, 0.6) is 0 Å². The summed E-state index contributed by atoms with van der Waals surface area (Å²) < 4.78 is 0. The molecule has 0 aromatic rings. The van der Waals surface area contributed by atoms with Gasteiger partial charge in [-0.25, -0.2) is 0 Å². The van der Waals surface area contributed by atoms with Gasteiger partial charge in [0, 0.05) is 6.61 Å². The second kappa shape index (κ2) is 20.2. The molecule has 0 spiro atoms. The molecule has 0 amide bonds. The Balaban J connectivity index is 0. The van der Waals surface area contributed by atoms with E-state index in [1.165, 1.54) is 70.6 Å². The van der Waals surface area contributed by atoms with Crippen LogP contribution in [-0.2, 0) is 0 Å². The molecule has 0 aliphatic heterocycles. The first-order valence-electron chi connectivity index (χ1n) is 8.36. The SMILES string of the molecule is CCCCCCCCCCCCCCO.CN(C)C. The van der Waals surface area contributed by atoms with Crippen LogP contribution in [0.3, 0.4) is 0 Å². The van der Waals surface area contributed by atoms with Crippen LogP contribution in [0.2, 0.25) is 0 Å². The minimum atomic E-state index is 0.372. The van der Waals surface area contributed by atoms with Crippen LogP contribution in [0.15, 0.2) is 0 Å². The maximum atomic E-state index is 8.61. The predicted molar refractivity (Wildman–Crippen MR) is 87.8 cm³/mol. The van der Waals surface area contributed by atoms with Gasteiger partial charge in [0.1, 0.15) is 0 Å². The summed E-state index contributed by atoms with van der Waals surface area (Å²) in [5, 5.41) is 8.61. The minimum absolute atomic E-state index is 0.372. The van der Waals surface area contributed by atoms with Gasteiger partial charge < -0.3 is 10.0 Å². The normalized spacial score (nSPS) is 10.4. The first kappa shape index (κ1) is 21.2. The topological polar surface area (TPSA) is 23.5 Å². The third kappa shape index (κ3) is 32.0. The lowest BCUT2D eigenvalue weighted by atomic mass is 10.1. The van der Waals surface area contributed by atoms with Crippen molar-refractivity contribution in [2.75, 3.05) is 27.7 Å². The third-order valence-electron chi connectivity index (χ3n) is 3.01. The van der Waals surface area contributed by atoms with Gasteiger partial charge >= 0.3 is 0 Å². The second-order valence-electron chi connectivity index (χ2n) is 5.95. The van der Waals surface area contributed by atoms with Gasteiger partial charge in [0.25, 0.3) is 0 Å². The molecule has 0 atom stereocenters. The molecule has 0 aliphatic rings. The Hall–Kier alpha value is -0.0800. The largest absolute Gasteiger partial charge is 0.396 e. The zero-order valence-corrected chi connectivity index (χ0v) is 14.1. The summed E-state index contributed by atoms with van der Waals surface area (Å²) in [6.07, 6.45) is 16.2. The van der Waals surface area contributed by atoms with Crippen molar-refractivity contribution in [3.05, 3.63) is 0 Å². The van der Waals surface area contributed by atoms with E-state index in [9.17, 15) is 0 Å². The van der Waals surface area contributed by atoms with Gasteiger partial charge in [0.15, 0.2) is 0 Å². The highest BCUT2D eigenvalue weighted by molar-refractivity contribution is 4.47. The van der Waals surface area contributed by atoms with Crippen molar-refractivity contribution in [3.8, 4) is 0 Å². The fourth-order valence-corrected chi connectivity index (χ4v) is 1.95. The molecular weight excluding hydrogens is 234 g/mol. The summed E-state index contributed by atoms with van der Waals surface area (Å²) in [6, 6.07) is 0. The van der Waals surface area contributed by atoms with E-state index in [0.717, 1.165) is 6.42 Å². The Morgan fingerprint density at radius 1 is 0.579 bits per heavy atom. The van der Waals surface area contributed by atoms with Crippen molar-refractivity contribution in [2.45, 2.75) is 84.0 Å². The average molecular weight is 274 g/mol. The molecule has 0 fully saturated rings. The van der Waals surface area contributed by atoms with E-state index < -0.39 is 0 Å². The van der Waals surface area contributed by atoms with Crippen molar-refractivity contribution in [3.63, 3.8) is 0 Å². The van der Waals surface area contributed by atoms with Crippen LogP contribution < -0.4 is 0 Å². The van der Waals surface area contributed by atoms with Crippen molar-refractivity contribution < 1.29 is 5.11 Å². The van der Waals surface area contributed by atoms with E-state index in [2.05, 4.69) is 6.92 Å². The van der Waals surface area contributed by atoms with Gasteiger partial charge in [0.2, 0.25) is 0 Å². The van der Waals surface area contributed by atoms with Crippen molar-refractivity contribution in [1.82, 2.24) is 4.90 Å². The standard InChI is InChI=1S/C14H30O.C3H9N/c1-2-3-4-5-6-7-8-9-10-11-12-13-14-15;1-4(2)3/h15H,2-14H2,1H3;1-3H3. The van der Waals surface area contributed by atoms with Gasteiger partial charge in [-0.05, 0) is 27.6 Å². The Bertz CT molecular complexity index is 122. The lowest BCUT2D eigenvalue weighted by Gasteiger charge is -2.01. The number of unbranched alkanes of at least 4 members (excludes halogenated alkanes) is 11. The molecule has 0 rings (SSSR count). The number of hydrogen-bond acceptors (Lipinski definition) is 2.